The van der Waals surface area contributed by atoms with Crippen LogP contribution in [0.2, 0.25) is 0 Å². The monoisotopic (exact) mass is 189 g/mol. The second kappa shape index (κ2) is 5.50. The Morgan fingerprint density at radius 3 is 2.46 bits per heavy atom. The zero-order chi connectivity index (χ0) is 10.4. The van der Waals surface area contributed by atoms with Crippen LogP contribution in [0.25, 0.3) is 0 Å². The average Bonchev–Trinajstić information content (AvgIpc) is 2.02. The van der Waals surface area contributed by atoms with Gasteiger partial charge >= 0.3 is 0 Å². The van der Waals surface area contributed by atoms with E-state index in [2.05, 4.69) is 10.3 Å². The maximum Gasteiger partial charge on any atom is 0.245 e. The minimum absolute atomic E-state index is 0.135. The number of amides is 2. The Hall–Kier alpha value is -1.14. The van der Waals surface area contributed by atoms with Crippen LogP contribution in [0.15, 0.2) is 0 Å². The number of nitrogens with two attached hydrogens (primary N) is 1. The van der Waals surface area contributed by atoms with Crippen molar-refractivity contribution in [2.24, 2.45) is 5.73 Å². The van der Waals surface area contributed by atoms with Crippen molar-refractivity contribution in [2.75, 3.05) is 20.7 Å². The molecule has 0 aliphatic carbocycles. The highest BCUT2D eigenvalue weighted by molar-refractivity contribution is 5.80. The molecule has 0 aromatic rings. The first kappa shape index (κ1) is 11.9. The molecule has 0 radical (unpaired) electrons. The predicted octanol–water partition coefficient (Wildman–Crippen LogP) is -1.53. The molecule has 0 fully saturated rings. The lowest BCUT2D eigenvalue weighted by Gasteiger charge is -2.17. The third kappa shape index (κ3) is 5.15. The van der Waals surface area contributed by atoms with Crippen molar-refractivity contribution >= 4 is 11.8 Å². The predicted molar refractivity (Wildman–Crippen MR) is 46.4 cm³/mol. The Morgan fingerprint density at radius 1 is 1.54 bits per heavy atom. The van der Waals surface area contributed by atoms with Gasteiger partial charge in [-0.25, -0.2) is 0 Å². The van der Waals surface area contributed by atoms with Gasteiger partial charge in [-0.2, -0.15) is 5.48 Å². The van der Waals surface area contributed by atoms with Gasteiger partial charge in [-0.3, -0.25) is 14.4 Å². The van der Waals surface area contributed by atoms with E-state index >= 15 is 0 Å². The molecule has 0 aliphatic rings. The van der Waals surface area contributed by atoms with E-state index in [1.54, 1.807) is 21.0 Å². The van der Waals surface area contributed by atoms with Crippen LogP contribution >= 0.6 is 0 Å². The van der Waals surface area contributed by atoms with Crippen LogP contribution in [-0.2, 0) is 14.4 Å². The summed E-state index contributed by atoms with van der Waals surface area (Å²) in [7, 11) is 3.27. The molecule has 0 heterocycles. The van der Waals surface area contributed by atoms with E-state index in [0.717, 1.165) is 0 Å². The highest BCUT2D eigenvalue weighted by Crippen LogP contribution is 1.87. The molecule has 6 nitrogen and oxygen atoms in total. The number of hydroxylamine groups is 1. The van der Waals surface area contributed by atoms with Crippen molar-refractivity contribution in [2.45, 2.75) is 13.0 Å². The molecule has 0 spiro atoms. The molecule has 3 N–H and O–H groups in total. The van der Waals surface area contributed by atoms with E-state index in [1.807, 2.05) is 0 Å². The summed E-state index contributed by atoms with van der Waals surface area (Å²) < 4.78 is 0. The Kier molecular flexibility index (Phi) is 5.01. The molecule has 0 saturated heterocycles. The van der Waals surface area contributed by atoms with E-state index in [0.29, 0.717) is 0 Å². The van der Waals surface area contributed by atoms with Gasteiger partial charge in [-0.1, -0.05) is 0 Å². The van der Waals surface area contributed by atoms with Crippen LogP contribution in [0.5, 0.6) is 0 Å². The molecule has 0 saturated carbocycles. The van der Waals surface area contributed by atoms with Gasteiger partial charge in [0.2, 0.25) is 11.8 Å². The van der Waals surface area contributed by atoms with Gasteiger partial charge in [0.15, 0.2) is 0 Å². The molecule has 0 rings (SSSR count). The summed E-state index contributed by atoms with van der Waals surface area (Å²) in [6.07, 6.45) is 0. The van der Waals surface area contributed by atoms with Crippen LogP contribution < -0.4 is 11.2 Å². The average molecular weight is 189 g/mol. The van der Waals surface area contributed by atoms with Crippen LogP contribution in [-0.4, -0.2) is 43.5 Å². The molecule has 6 heteroatoms. The third-order valence-corrected chi connectivity index (χ3v) is 1.29. The quantitative estimate of drug-likeness (QED) is 0.514. The fourth-order valence-electron chi connectivity index (χ4n) is 0.676. The van der Waals surface area contributed by atoms with Gasteiger partial charge in [-0.15, -0.1) is 0 Å². The molecule has 0 aliphatic heterocycles. The summed E-state index contributed by atoms with van der Waals surface area (Å²) in [4.78, 5) is 27.5. The number of carbonyl (C=O) groups is 2. The Balaban J connectivity index is 3.68. The minimum atomic E-state index is -0.586. The molecule has 0 aromatic heterocycles. The zero-order valence-electron chi connectivity index (χ0n) is 8.03. The number of hydrogen-bond donors (Lipinski definition) is 2. The van der Waals surface area contributed by atoms with Gasteiger partial charge in [-0.05, 0) is 6.92 Å². The summed E-state index contributed by atoms with van der Waals surface area (Å²) >= 11 is 0. The number of likely N-dealkylation sites (N-methyl/N-ethyl adjacent to an activating group) is 1. The first-order chi connectivity index (χ1) is 5.95. The van der Waals surface area contributed by atoms with Gasteiger partial charge in [0.25, 0.3) is 0 Å². The largest absolute Gasteiger partial charge is 0.368 e. The smallest absolute Gasteiger partial charge is 0.245 e. The molecule has 76 valence electrons. The highest BCUT2D eigenvalue weighted by atomic mass is 16.6. The van der Waals surface area contributed by atoms with Gasteiger partial charge < -0.3 is 10.6 Å². The number of primary amides is 1. The maximum absolute atomic E-state index is 11.2. The first-order valence-corrected chi connectivity index (χ1v) is 3.82. The van der Waals surface area contributed by atoms with Crippen LogP contribution in [0.3, 0.4) is 0 Å². The molecule has 13 heavy (non-hydrogen) atoms. The first-order valence-electron chi connectivity index (χ1n) is 3.82. The SMILES string of the molecule is CC(NOCC(N)=O)C(=O)N(C)C. The number of carbonyl (C=O) groups excluding carboxylic acids is 2. The van der Waals surface area contributed by atoms with Crippen molar-refractivity contribution in [1.29, 1.82) is 0 Å². The van der Waals surface area contributed by atoms with E-state index in [1.165, 1.54) is 4.90 Å². The van der Waals surface area contributed by atoms with Crippen LogP contribution in [0.4, 0.5) is 0 Å². The highest BCUT2D eigenvalue weighted by Gasteiger charge is 2.14. The number of hydrogen-bond acceptors (Lipinski definition) is 4. The minimum Gasteiger partial charge on any atom is -0.368 e. The van der Waals surface area contributed by atoms with E-state index in [4.69, 9.17) is 5.73 Å². The Morgan fingerprint density at radius 2 is 2.08 bits per heavy atom. The fourth-order valence-corrected chi connectivity index (χ4v) is 0.676. The van der Waals surface area contributed by atoms with Gasteiger partial charge in [0.05, 0.1) is 0 Å². The molecular weight excluding hydrogens is 174 g/mol. The molecule has 1 unspecified atom stereocenters. The fraction of sp³-hybridized carbons (Fsp3) is 0.714. The zero-order valence-corrected chi connectivity index (χ0v) is 8.03. The molecule has 2 amide bonds. The summed E-state index contributed by atoms with van der Waals surface area (Å²) in [5.74, 6) is -0.721. The summed E-state index contributed by atoms with van der Waals surface area (Å²) in [5.41, 5.74) is 7.22. The summed E-state index contributed by atoms with van der Waals surface area (Å²) in [5, 5.41) is 0. The van der Waals surface area contributed by atoms with Gasteiger partial charge in [0.1, 0.15) is 12.6 Å². The summed E-state index contributed by atoms with van der Waals surface area (Å²) in [6.45, 7) is 1.38. The van der Waals surface area contributed by atoms with Crippen molar-refractivity contribution in [3.8, 4) is 0 Å². The van der Waals surface area contributed by atoms with Crippen molar-refractivity contribution in [3.63, 3.8) is 0 Å². The normalized spacial score (nSPS) is 12.2. The molecular formula is C7H15N3O3. The van der Waals surface area contributed by atoms with Crippen molar-refractivity contribution in [1.82, 2.24) is 10.4 Å². The van der Waals surface area contributed by atoms with E-state index in [9.17, 15) is 9.59 Å². The van der Waals surface area contributed by atoms with Crippen LogP contribution in [0, 0.1) is 0 Å². The Bertz CT molecular complexity index is 193. The van der Waals surface area contributed by atoms with Gasteiger partial charge in [0, 0.05) is 14.1 Å². The standard InChI is InChI=1S/C7H15N3O3/c1-5(7(12)10(2)3)9-13-4-6(8)11/h5,9H,4H2,1-3H3,(H2,8,11). The lowest BCUT2D eigenvalue weighted by molar-refractivity contribution is -0.137. The third-order valence-electron chi connectivity index (χ3n) is 1.29. The number of nitrogens with one attached hydrogen (secondary N) is 1. The van der Waals surface area contributed by atoms with Crippen LogP contribution in [0.1, 0.15) is 6.92 Å². The second-order valence-electron chi connectivity index (χ2n) is 2.83. The lowest BCUT2D eigenvalue weighted by Crippen LogP contribution is -2.42. The molecule has 1 atom stereocenters. The van der Waals surface area contributed by atoms with E-state index in [-0.39, 0.29) is 12.5 Å². The summed E-state index contributed by atoms with van der Waals surface area (Å²) in [6, 6.07) is -0.491. The lowest BCUT2D eigenvalue weighted by atomic mass is 10.3. The Labute approximate surface area is 77.0 Å². The van der Waals surface area contributed by atoms with Crippen molar-refractivity contribution < 1.29 is 14.4 Å². The topological polar surface area (TPSA) is 84.7 Å². The van der Waals surface area contributed by atoms with E-state index < -0.39 is 11.9 Å². The second-order valence-corrected chi connectivity index (χ2v) is 2.83. The number of rotatable bonds is 5. The molecule has 0 bridgehead atoms. The molecule has 0 aromatic carbocycles. The van der Waals surface area contributed by atoms with Crippen molar-refractivity contribution in [3.05, 3.63) is 0 Å². The maximum atomic E-state index is 11.2. The number of nitrogens with zero attached hydrogens (tertiary/aromatic N) is 1.